The molecule has 1 atom stereocenters. The van der Waals surface area contributed by atoms with Gasteiger partial charge in [0.05, 0.1) is 12.2 Å². The predicted octanol–water partition coefficient (Wildman–Crippen LogP) is 3.70. The lowest BCUT2D eigenvalue weighted by Crippen LogP contribution is -2.36. The zero-order chi connectivity index (χ0) is 16.4. The lowest BCUT2D eigenvalue weighted by molar-refractivity contribution is -0.130. The molecular formula is C14H16F3NO2S2. The van der Waals surface area contributed by atoms with Crippen molar-refractivity contribution in [2.24, 2.45) is 0 Å². The van der Waals surface area contributed by atoms with Crippen molar-refractivity contribution in [1.82, 2.24) is 4.72 Å². The minimum absolute atomic E-state index is 0.440. The lowest BCUT2D eigenvalue weighted by Gasteiger charge is -2.14. The Balaban J connectivity index is 1.99. The van der Waals surface area contributed by atoms with Gasteiger partial charge >= 0.3 is 6.18 Å². The van der Waals surface area contributed by atoms with Crippen molar-refractivity contribution >= 4 is 31.4 Å². The average molecular weight is 351 g/mol. The zero-order valence-electron chi connectivity index (χ0n) is 11.9. The number of alkyl halides is 3. The fraction of sp³-hybridized carbons (Fsp3) is 0.429. The van der Waals surface area contributed by atoms with E-state index in [9.17, 15) is 21.6 Å². The standard InChI is InChI=1S/C14H16F3NO2S2/c1-10(18-22(19,20)7-6-14(15,16)17)8-11-9-21-13-5-3-2-4-12(11)13/h2-5,9-10,18H,6-8H2,1H3. The second kappa shape index (κ2) is 6.55. The molecule has 0 aliphatic heterocycles. The van der Waals surface area contributed by atoms with Crippen LogP contribution < -0.4 is 4.72 Å². The molecule has 0 bridgehead atoms. The number of benzene rings is 1. The smallest absolute Gasteiger partial charge is 0.212 e. The van der Waals surface area contributed by atoms with Crippen molar-refractivity contribution in [3.8, 4) is 0 Å². The van der Waals surface area contributed by atoms with Gasteiger partial charge in [-0.3, -0.25) is 0 Å². The van der Waals surface area contributed by atoms with E-state index in [-0.39, 0.29) is 0 Å². The molecule has 0 radical (unpaired) electrons. The van der Waals surface area contributed by atoms with Crippen molar-refractivity contribution in [2.45, 2.75) is 32.0 Å². The van der Waals surface area contributed by atoms with E-state index in [1.165, 1.54) is 0 Å². The van der Waals surface area contributed by atoms with Crippen molar-refractivity contribution in [2.75, 3.05) is 5.75 Å². The van der Waals surface area contributed by atoms with Gasteiger partial charge in [0.2, 0.25) is 10.0 Å². The van der Waals surface area contributed by atoms with Gasteiger partial charge in [0.25, 0.3) is 0 Å². The highest BCUT2D eigenvalue weighted by Crippen LogP contribution is 2.26. The predicted molar refractivity (Wildman–Crippen MR) is 82.6 cm³/mol. The van der Waals surface area contributed by atoms with E-state index in [0.717, 1.165) is 15.6 Å². The number of rotatable bonds is 6. The summed E-state index contributed by atoms with van der Waals surface area (Å²) in [5.74, 6) is -0.939. The van der Waals surface area contributed by atoms with E-state index >= 15 is 0 Å². The Labute approximate surface area is 131 Å². The molecule has 0 saturated heterocycles. The van der Waals surface area contributed by atoms with Crippen LogP contribution in [0.3, 0.4) is 0 Å². The molecule has 0 saturated carbocycles. The molecule has 0 aliphatic rings. The molecule has 8 heteroatoms. The number of hydrogen-bond donors (Lipinski definition) is 1. The van der Waals surface area contributed by atoms with E-state index in [1.807, 2.05) is 29.6 Å². The molecular weight excluding hydrogens is 335 g/mol. The third kappa shape index (κ3) is 4.96. The number of fused-ring (bicyclic) bond motifs is 1. The van der Waals surface area contributed by atoms with Crippen LogP contribution in [0.2, 0.25) is 0 Å². The summed E-state index contributed by atoms with van der Waals surface area (Å²) in [6.07, 6.45) is -5.37. The Hall–Kier alpha value is -1.12. The van der Waals surface area contributed by atoms with Gasteiger partial charge in [-0.2, -0.15) is 13.2 Å². The molecule has 1 unspecified atom stereocenters. The minimum atomic E-state index is -4.47. The third-order valence-electron chi connectivity index (χ3n) is 3.12. The van der Waals surface area contributed by atoms with Crippen LogP contribution in [0.15, 0.2) is 29.6 Å². The van der Waals surface area contributed by atoms with Crippen molar-refractivity contribution < 1.29 is 21.6 Å². The summed E-state index contributed by atoms with van der Waals surface area (Å²) in [5.41, 5.74) is 0.992. The maximum absolute atomic E-state index is 12.1. The SMILES string of the molecule is CC(Cc1csc2ccccc12)NS(=O)(=O)CCC(F)(F)F. The summed E-state index contributed by atoms with van der Waals surface area (Å²) < 4.78 is 63.1. The molecule has 2 aromatic rings. The highest BCUT2D eigenvalue weighted by molar-refractivity contribution is 7.89. The normalized spacial score (nSPS) is 14.4. The molecule has 0 spiro atoms. The first kappa shape index (κ1) is 17.2. The Morgan fingerprint density at radius 2 is 1.95 bits per heavy atom. The van der Waals surface area contributed by atoms with Gasteiger partial charge in [0.15, 0.2) is 0 Å². The first-order chi connectivity index (χ1) is 10.2. The Morgan fingerprint density at radius 3 is 2.64 bits per heavy atom. The monoisotopic (exact) mass is 351 g/mol. The maximum atomic E-state index is 12.1. The molecule has 1 aromatic heterocycles. The van der Waals surface area contributed by atoms with E-state index in [4.69, 9.17) is 0 Å². The van der Waals surface area contributed by atoms with Gasteiger partial charge in [-0.1, -0.05) is 18.2 Å². The van der Waals surface area contributed by atoms with E-state index in [1.54, 1.807) is 18.3 Å². The third-order valence-corrected chi connectivity index (χ3v) is 5.64. The van der Waals surface area contributed by atoms with Gasteiger partial charge in [0, 0.05) is 10.7 Å². The molecule has 0 aliphatic carbocycles. The fourth-order valence-corrected chi connectivity index (χ4v) is 4.47. The van der Waals surface area contributed by atoms with E-state index < -0.39 is 34.4 Å². The van der Waals surface area contributed by atoms with E-state index in [0.29, 0.717) is 6.42 Å². The summed E-state index contributed by atoms with van der Waals surface area (Å²) in [4.78, 5) is 0. The van der Waals surface area contributed by atoms with Gasteiger partial charge in [-0.15, -0.1) is 11.3 Å². The average Bonchev–Trinajstić information content (AvgIpc) is 2.79. The number of sulfonamides is 1. The summed E-state index contributed by atoms with van der Waals surface area (Å²) in [5, 5.41) is 3.00. The molecule has 1 heterocycles. The van der Waals surface area contributed by atoms with Crippen LogP contribution in [0.4, 0.5) is 13.2 Å². The molecule has 22 heavy (non-hydrogen) atoms. The van der Waals surface area contributed by atoms with Crippen molar-refractivity contribution in [3.05, 3.63) is 35.2 Å². The number of thiophene rings is 1. The highest BCUT2D eigenvalue weighted by atomic mass is 32.2. The molecule has 0 fully saturated rings. The second-order valence-corrected chi connectivity index (χ2v) is 7.95. The van der Waals surface area contributed by atoms with Crippen LogP contribution in [0.25, 0.3) is 10.1 Å². The molecule has 0 amide bonds. The Morgan fingerprint density at radius 1 is 1.27 bits per heavy atom. The summed E-state index contributed by atoms with van der Waals surface area (Å²) in [6.45, 7) is 1.65. The summed E-state index contributed by atoms with van der Waals surface area (Å²) >= 11 is 1.56. The van der Waals surface area contributed by atoms with E-state index in [2.05, 4.69) is 4.72 Å². The fourth-order valence-electron chi connectivity index (χ4n) is 2.18. The first-order valence-corrected chi connectivity index (χ1v) is 9.21. The van der Waals surface area contributed by atoms with Gasteiger partial charge < -0.3 is 0 Å². The van der Waals surface area contributed by atoms with Crippen LogP contribution in [0.5, 0.6) is 0 Å². The van der Waals surface area contributed by atoms with Crippen LogP contribution in [-0.4, -0.2) is 26.4 Å². The van der Waals surface area contributed by atoms with Crippen molar-refractivity contribution in [1.29, 1.82) is 0 Å². The number of nitrogens with one attached hydrogen (secondary N) is 1. The molecule has 122 valence electrons. The quantitative estimate of drug-likeness (QED) is 0.862. The van der Waals surface area contributed by atoms with Crippen LogP contribution in [0.1, 0.15) is 18.9 Å². The molecule has 1 N–H and O–H groups in total. The first-order valence-electron chi connectivity index (χ1n) is 6.68. The minimum Gasteiger partial charge on any atom is -0.212 e. The topological polar surface area (TPSA) is 46.2 Å². The lowest BCUT2D eigenvalue weighted by atomic mass is 10.1. The van der Waals surface area contributed by atoms with Crippen LogP contribution in [0, 0.1) is 0 Å². The molecule has 3 nitrogen and oxygen atoms in total. The zero-order valence-corrected chi connectivity index (χ0v) is 13.5. The second-order valence-electron chi connectivity index (χ2n) is 5.16. The van der Waals surface area contributed by atoms with Gasteiger partial charge in [-0.05, 0) is 35.7 Å². The highest BCUT2D eigenvalue weighted by Gasteiger charge is 2.30. The molecule has 2 rings (SSSR count). The largest absolute Gasteiger partial charge is 0.390 e. The Kier molecular flexibility index (Phi) is 5.14. The number of halogens is 3. The van der Waals surface area contributed by atoms with Crippen LogP contribution >= 0.6 is 11.3 Å². The summed E-state index contributed by atoms with van der Waals surface area (Å²) in [7, 11) is -3.94. The number of hydrogen-bond acceptors (Lipinski definition) is 3. The Bertz CT molecular complexity index is 738. The van der Waals surface area contributed by atoms with Gasteiger partial charge in [-0.25, -0.2) is 13.1 Å². The van der Waals surface area contributed by atoms with Gasteiger partial charge in [0.1, 0.15) is 0 Å². The summed E-state index contributed by atoms with van der Waals surface area (Å²) in [6, 6.07) is 7.28. The van der Waals surface area contributed by atoms with Crippen molar-refractivity contribution in [3.63, 3.8) is 0 Å². The molecule has 1 aromatic carbocycles. The maximum Gasteiger partial charge on any atom is 0.390 e. The van der Waals surface area contributed by atoms with Crippen LogP contribution in [-0.2, 0) is 16.4 Å².